The van der Waals surface area contributed by atoms with Crippen molar-refractivity contribution in [2.75, 3.05) is 13.1 Å². The molecule has 2 aliphatic rings. The van der Waals surface area contributed by atoms with Gasteiger partial charge in [0.15, 0.2) is 5.82 Å². The largest absolute Gasteiger partial charge is 0.338 e. The van der Waals surface area contributed by atoms with E-state index >= 15 is 0 Å². The molecule has 0 spiro atoms. The lowest BCUT2D eigenvalue weighted by Gasteiger charge is -2.36. The number of hydrogen-bond acceptors (Lipinski definition) is 5. The second-order valence-corrected chi connectivity index (χ2v) is 5.98. The van der Waals surface area contributed by atoms with Crippen LogP contribution in [0.25, 0.3) is 0 Å². The molecule has 2 fully saturated rings. The maximum Gasteiger partial charge on any atom is 0.243 e. The van der Waals surface area contributed by atoms with Crippen LogP contribution in [-0.4, -0.2) is 34.2 Å². The molecule has 0 saturated carbocycles. The van der Waals surface area contributed by atoms with Crippen LogP contribution in [0.4, 0.5) is 0 Å². The average Bonchev–Trinajstić information content (AvgIpc) is 3.09. The fourth-order valence-electron chi connectivity index (χ4n) is 3.27. The number of rotatable bonds is 3. The molecule has 2 unspecified atom stereocenters. The molecule has 3 heterocycles. The third-order valence-electron chi connectivity index (χ3n) is 4.32. The summed E-state index contributed by atoms with van der Waals surface area (Å²) in [6, 6.07) is 1.15. The van der Waals surface area contributed by atoms with Gasteiger partial charge in [0, 0.05) is 6.04 Å². The van der Waals surface area contributed by atoms with Gasteiger partial charge in [-0.25, -0.2) is 0 Å². The standard InChI is InChI=1S/C14H24N4O/c1-10(2)18-9-4-3-7-12(18)13-16-14(19-17-13)11-6-5-8-15-11/h10-12,15H,3-9H2,1-2H3. The van der Waals surface area contributed by atoms with E-state index in [0.717, 1.165) is 37.6 Å². The zero-order chi connectivity index (χ0) is 13.2. The second kappa shape index (κ2) is 5.59. The van der Waals surface area contributed by atoms with Crippen molar-refractivity contribution in [1.82, 2.24) is 20.4 Å². The molecule has 1 aromatic heterocycles. The van der Waals surface area contributed by atoms with Gasteiger partial charge < -0.3 is 9.84 Å². The highest BCUT2D eigenvalue weighted by molar-refractivity contribution is 5.01. The summed E-state index contributed by atoms with van der Waals surface area (Å²) in [5, 5.41) is 7.66. The maximum absolute atomic E-state index is 5.48. The molecule has 2 saturated heterocycles. The lowest BCUT2D eigenvalue weighted by atomic mass is 10.00. The van der Waals surface area contributed by atoms with Crippen molar-refractivity contribution in [3.8, 4) is 0 Å². The molecule has 0 radical (unpaired) electrons. The molecule has 0 aliphatic carbocycles. The van der Waals surface area contributed by atoms with Crippen molar-refractivity contribution < 1.29 is 4.52 Å². The first-order chi connectivity index (χ1) is 9.25. The van der Waals surface area contributed by atoms with Crippen LogP contribution in [0, 0.1) is 0 Å². The van der Waals surface area contributed by atoms with Crippen LogP contribution in [0.1, 0.15) is 69.8 Å². The van der Waals surface area contributed by atoms with Crippen molar-refractivity contribution >= 4 is 0 Å². The van der Waals surface area contributed by atoms with E-state index in [-0.39, 0.29) is 6.04 Å². The predicted molar refractivity (Wildman–Crippen MR) is 72.7 cm³/mol. The number of nitrogens with one attached hydrogen (secondary N) is 1. The van der Waals surface area contributed by atoms with Crippen molar-refractivity contribution in [2.45, 2.75) is 64.1 Å². The molecule has 0 amide bonds. The number of piperidine rings is 1. The van der Waals surface area contributed by atoms with Gasteiger partial charge in [0.1, 0.15) is 0 Å². The Morgan fingerprint density at radius 2 is 2.16 bits per heavy atom. The van der Waals surface area contributed by atoms with Crippen molar-refractivity contribution in [1.29, 1.82) is 0 Å². The fourth-order valence-corrected chi connectivity index (χ4v) is 3.27. The van der Waals surface area contributed by atoms with Crippen molar-refractivity contribution in [3.05, 3.63) is 11.7 Å². The number of nitrogens with zero attached hydrogens (tertiary/aromatic N) is 3. The van der Waals surface area contributed by atoms with E-state index in [2.05, 4.69) is 34.2 Å². The van der Waals surface area contributed by atoms with Gasteiger partial charge in [-0.15, -0.1) is 0 Å². The third-order valence-corrected chi connectivity index (χ3v) is 4.32. The second-order valence-electron chi connectivity index (χ2n) is 5.98. The van der Waals surface area contributed by atoms with E-state index in [0.29, 0.717) is 12.1 Å². The van der Waals surface area contributed by atoms with Gasteiger partial charge in [-0.2, -0.15) is 4.98 Å². The minimum absolute atomic E-state index is 0.275. The van der Waals surface area contributed by atoms with Crippen molar-refractivity contribution in [2.24, 2.45) is 0 Å². The summed E-state index contributed by atoms with van der Waals surface area (Å²) in [5.41, 5.74) is 0. The van der Waals surface area contributed by atoms with E-state index in [1.165, 1.54) is 19.3 Å². The summed E-state index contributed by atoms with van der Waals surface area (Å²) in [7, 11) is 0. The Labute approximate surface area is 114 Å². The zero-order valence-electron chi connectivity index (χ0n) is 11.9. The summed E-state index contributed by atoms with van der Waals surface area (Å²) in [6.45, 7) is 6.70. The molecule has 1 N–H and O–H groups in total. The summed E-state index contributed by atoms with van der Waals surface area (Å²) < 4.78 is 5.48. The Bertz CT molecular complexity index is 411. The van der Waals surface area contributed by atoms with Gasteiger partial charge in [0.2, 0.25) is 5.89 Å². The van der Waals surface area contributed by atoms with Crippen LogP contribution in [0.15, 0.2) is 4.52 Å². The van der Waals surface area contributed by atoms with E-state index < -0.39 is 0 Å². The molecular weight excluding hydrogens is 240 g/mol. The summed E-state index contributed by atoms with van der Waals surface area (Å²) in [6.07, 6.45) is 6.00. The van der Waals surface area contributed by atoms with E-state index in [9.17, 15) is 0 Å². The van der Waals surface area contributed by atoms with E-state index in [1.54, 1.807) is 0 Å². The highest BCUT2D eigenvalue weighted by Crippen LogP contribution is 2.32. The zero-order valence-corrected chi connectivity index (χ0v) is 11.9. The Morgan fingerprint density at radius 1 is 1.26 bits per heavy atom. The van der Waals surface area contributed by atoms with Gasteiger partial charge in [0.25, 0.3) is 0 Å². The summed E-state index contributed by atoms with van der Waals surface area (Å²) >= 11 is 0. The molecule has 2 aliphatic heterocycles. The first-order valence-corrected chi connectivity index (χ1v) is 7.58. The Hall–Kier alpha value is -0.940. The van der Waals surface area contributed by atoms with Gasteiger partial charge in [-0.05, 0) is 52.6 Å². The van der Waals surface area contributed by atoms with Gasteiger partial charge in [-0.3, -0.25) is 4.90 Å². The first-order valence-electron chi connectivity index (χ1n) is 7.58. The molecule has 0 bridgehead atoms. The smallest absolute Gasteiger partial charge is 0.243 e. The minimum Gasteiger partial charge on any atom is -0.338 e. The number of aromatic nitrogens is 2. The molecule has 19 heavy (non-hydrogen) atoms. The molecule has 5 nitrogen and oxygen atoms in total. The minimum atomic E-state index is 0.275. The highest BCUT2D eigenvalue weighted by Gasteiger charge is 2.31. The predicted octanol–water partition coefficient (Wildman–Crippen LogP) is 2.43. The van der Waals surface area contributed by atoms with E-state index in [4.69, 9.17) is 4.52 Å². The van der Waals surface area contributed by atoms with Gasteiger partial charge in [-0.1, -0.05) is 11.6 Å². The topological polar surface area (TPSA) is 54.2 Å². The van der Waals surface area contributed by atoms with Crippen LogP contribution in [-0.2, 0) is 0 Å². The molecule has 0 aromatic carbocycles. The number of hydrogen-bond donors (Lipinski definition) is 1. The Morgan fingerprint density at radius 3 is 2.89 bits per heavy atom. The third kappa shape index (κ3) is 2.67. The summed E-state index contributed by atoms with van der Waals surface area (Å²) in [4.78, 5) is 7.17. The van der Waals surface area contributed by atoms with Gasteiger partial charge >= 0.3 is 0 Å². The Kier molecular flexibility index (Phi) is 3.84. The lowest BCUT2D eigenvalue weighted by Crippen LogP contribution is -2.39. The molecule has 1 aromatic rings. The van der Waals surface area contributed by atoms with Crippen LogP contribution in [0.5, 0.6) is 0 Å². The van der Waals surface area contributed by atoms with Gasteiger partial charge in [0.05, 0.1) is 12.1 Å². The van der Waals surface area contributed by atoms with Crippen LogP contribution >= 0.6 is 0 Å². The maximum atomic E-state index is 5.48. The Balaban J connectivity index is 1.76. The molecular formula is C14H24N4O. The highest BCUT2D eigenvalue weighted by atomic mass is 16.5. The molecule has 5 heteroatoms. The fraction of sp³-hybridized carbons (Fsp3) is 0.857. The molecule has 106 valence electrons. The SMILES string of the molecule is CC(C)N1CCCCC1c1noc(C2CCCN2)n1. The van der Waals surface area contributed by atoms with Crippen molar-refractivity contribution in [3.63, 3.8) is 0 Å². The average molecular weight is 264 g/mol. The lowest BCUT2D eigenvalue weighted by molar-refractivity contribution is 0.104. The number of likely N-dealkylation sites (tertiary alicyclic amines) is 1. The monoisotopic (exact) mass is 264 g/mol. The van der Waals surface area contributed by atoms with Crippen LogP contribution in [0.3, 0.4) is 0 Å². The first kappa shape index (κ1) is 13.1. The molecule has 2 atom stereocenters. The normalized spacial score (nSPS) is 29.2. The molecule has 3 rings (SSSR count). The van der Waals surface area contributed by atoms with Crippen LogP contribution in [0.2, 0.25) is 0 Å². The summed E-state index contributed by atoms with van der Waals surface area (Å²) in [5.74, 6) is 1.67. The van der Waals surface area contributed by atoms with E-state index in [1.807, 2.05) is 0 Å². The quantitative estimate of drug-likeness (QED) is 0.908. The van der Waals surface area contributed by atoms with Crippen LogP contribution < -0.4 is 5.32 Å².